The molecule has 0 aliphatic heterocycles. The Hall–Kier alpha value is -2.28. The Morgan fingerprint density at radius 2 is 2.19 bits per heavy atom. The first-order valence-electron chi connectivity index (χ1n) is 6.58. The Morgan fingerprint density at radius 1 is 1.29 bits per heavy atom. The van der Waals surface area contributed by atoms with Crippen molar-refractivity contribution in [2.75, 3.05) is 0 Å². The maximum atomic E-state index is 4.64. The summed E-state index contributed by atoms with van der Waals surface area (Å²) in [6.45, 7) is 2.87. The van der Waals surface area contributed by atoms with Gasteiger partial charge in [0.1, 0.15) is 6.33 Å². The molecule has 0 saturated carbocycles. The summed E-state index contributed by atoms with van der Waals surface area (Å²) in [6, 6.07) is 5.93. The molecular weight excluding hydrogens is 332 g/mol. The van der Waals surface area contributed by atoms with Gasteiger partial charge in [-0.3, -0.25) is 4.68 Å². The van der Waals surface area contributed by atoms with E-state index in [1.807, 2.05) is 36.0 Å². The van der Waals surface area contributed by atoms with Gasteiger partial charge in [-0.25, -0.2) is 14.5 Å². The highest BCUT2D eigenvalue weighted by Gasteiger charge is 2.12. The topological polar surface area (TPSA) is 60.9 Å². The van der Waals surface area contributed by atoms with E-state index in [-0.39, 0.29) is 0 Å². The second kappa shape index (κ2) is 4.63. The summed E-state index contributed by atoms with van der Waals surface area (Å²) in [5.74, 6) is 0.656. The summed E-state index contributed by atoms with van der Waals surface area (Å²) in [5.41, 5.74) is 2.58. The highest BCUT2D eigenvalue weighted by atomic mass is 79.9. The fourth-order valence-corrected chi connectivity index (χ4v) is 2.77. The van der Waals surface area contributed by atoms with Crippen LogP contribution in [0.25, 0.3) is 27.9 Å². The quantitative estimate of drug-likeness (QED) is 0.561. The van der Waals surface area contributed by atoms with E-state index in [0.29, 0.717) is 5.82 Å². The predicted molar refractivity (Wildman–Crippen MR) is 82.9 cm³/mol. The van der Waals surface area contributed by atoms with Crippen molar-refractivity contribution in [1.29, 1.82) is 0 Å². The molecule has 0 bridgehead atoms. The molecule has 3 heterocycles. The van der Waals surface area contributed by atoms with Gasteiger partial charge < -0.3 is 0 Å². The van der Waals surface area contributed by atoms with Gasteiger partial charge in [-0.15, -0.1) is 5.10 Å². The number of benzene rings is 1. The SMILES string of the molecule is CCn1cc(-c2nc3c4cccc(Br)c4ncn3n2)cn1. The lowest BCUT2D eigenvalue weighted by Crippen LogP contribution is -1.92. The number of fused-ring (bicyclic) bond motifs is 3. The average Bonchev–Trinajstić information content (AvgIpc) is 3.13. The molecule has 3 aromatic heterocycles. The molecule has 104 valence electrons. The molecule has 21 heavy (non-hydrogen) atoms. The molecular formula is C14H11BrN6. The lowest BCUT2D eigenvalue weighted by Gasteiger charge is -1.99. The van der Waals surface area contributed by atoms with Crippen LogP contribution in [0.2, 0.25) is 0 Å². The minimum Gasteiger partial charge on any atom is -0.272 e. The minimum absolute atomic E-state index is 0.656. The average molecular weight is 343 g/mol. The van der Waals surface area contributed by atoms with Gasteiger partial charge in [0.2, 0.25) is 0 Å². The molecule has 0 N–H and O–H groups in total. The van der Waals surface area contributed by atoms with Gasteiger partial charge in [0.05, 0.1) is 17.3 Å². The highest BCUT2D eigenvalue weighted by Crippen LogP contribution is 2.25. The van der Waals surface area contributed by atoms with E-state index in [9.17, 15) is 0 Å². The first-order valence-corrected chi connectivity index (χ1v) is 7.38. The van der Waals surface area contributed by atoms with E-state index in [2.05, 4.69) is 36.1 Å². The van der Waals surface area contributed by atoms with Crippen LogP contribution in [-0.4, -0.2) is 29.4 Å². The number of aryl methyl sites for hydroxylation is 1. The Bertz CT molecular complexity index is 955. The third-order valence-corrected chi connectivity index (χ3v) is 4.01. The zero-order valence-electron chi connectivity index (χ0n) is 11.2. The number of halogens is 1. The molecule has 0 atom stereocenters. The molecule has 0 spiro atoms. The van der Waals surface area contributed by atoms with Crippen LogP contribution < -0.4 is 0 Å². The van der Waals surface area contributed by atoms with Crippen LogP contribution in [0.4, 0.5) is 0 Å². The summed E-state index contributed by atoms with van der Waals surface area (Å²) < 4.78 is 4.51. The number of nitrogens with zero attached hydrogens (tertiary/aromatic N) is 6. The summed E-state index contributed by atoms with van der Waals surface area (Å²) in [4.78, 5) is 9.07. The highest BCUT2D eigenvalue weighted by molar-refractivity contribution is 9.10. The molecule has 0 saturated heterocycles. The second-order valence-electron chi connectivity index (χ2n) is 4.67. The van der Waals surface area contributed by atoms with E-state index < -0.39 is 0 Å². The summed E-state index contributed by atoms with van der Waals surface area (Å²) in [5, 5.41) is 9.71. The van der Waals surface area contributed by atoms with Crippen LogP contribution in [0.3, 0.4) is 0 Å². The van der Waals surface area contributed by atoms with Gasteiger partial charge in [0.15, 0.2) is 11.5 Å². The van der Waals surface area contributed by atoms with Crippen LogP contribution in [0.1, 0.15) is 6.92 Å². The summed E-state index contributed by atoms with van der Waals surface area (Å²) >= 11 is 3.51. The largest absolute Gasteiger partial charge is 0.272 e. The van der Waals surface area contributed by atoms with Gasteiger partial charge in [-0.2, -0.15) is 5.10 Å². The van der Waals surface area contributed by atoms with Crippen molar-refractivity contribution in [1.82, 2.24) is 29.4 Å². The van der Waals surface area contributed by atoms with Crippen LogP contribution in [0, 0.1) is 0 Å². The molecule has 0 fully saturated rings. The fourth-order valence-electron chi connectivity index (χ4n) is 2.30. The Morgan fingerprint density at radius 3 is 3.00 bits per heavy atom. The lowest BCUT2D eigenvalue weighted by molar-refractivity contribution is 0.660. The van der Waals surface area contributed by atoms with E-state index >= 15 is 0 Å². The van der Waals surface area contributed by atoms with Crippen molar-refractivity contribution in [2.45, 2.75) is 13.5 Å². The van der Waals surface area contributed by atoms with Gasteiger partial charge in [0, 0.05) is 22.6 Å². The van der Waals surface area contributed by atoms with E-state index in [0.717, 1.165) is 33.1 Å². The number of para-hydroxylation sites is 1. The first-order chi connectivity index (χ1) is 10.3. The monoisotopic (exact) mass is 342 g/mol. The van der Waals surface area contributed by atoms with Crippen LogP contribution in [0.15, 0.2) is 41.4 Å². The summed E-state index contributed by atoms with van der Waals surface area (Å²) in [7, 11) is 0. The van der Waals surface area contributed by atoms with Crippen LogP contribution in [-0.2, 0) is 6.54 Å². The molecule has 1 aromatic carbocycles. The van der Waals surface area contributed by atoms with E-state index in [1.54, 1.807) is 17.0 Å². The number of rotatable bonds is 2. The third-order valence-electron chi connectivity index (χ3n) is 3.37. The third kappa shape index (κ3) is 1.92. The van der Waals surface area contributed by atoms with Crippen molar-refractivity contribution < 1.29 is 0 Å². The van der Waals surface area contributed by atoms with Crippen molar-refractivity contribution in [2.24, 2.45) is 0 Å². The predicted octanol–water partition coefficient (Wildman–Crippen LogP) is 2.92. The summed E-state index contributed by atoms with van der Waals surface area (Å²) in [6.07, 6.45) is 5.41. The Balaban J connectivity index is 1.97. The molecule has 4 rings (SSSR count). The van der Waals surface area contributed by atoms with Crippen LogP contribution in [0.5, 0.6) is 0 Å². The number of hydrogen-bond acceptors (Lipinski definition) is 4. The smallest absolute Gasteiger partial charge is 0.185 e. The number of aromatic nitrogens is 6. The zero-order valence-corrected chi connectivity index (χ0v) is 12.8. The molecule has 0 aliphatic carbocycles. The maximum Gasteiger partial charge on any atom is 0.185 e. The first kappa shape index (κ1) is 12.5. The van der Waals surface area contributed by atoms with Crippen molar-refractivity contribution in [3.63, 3.8) is 0 Å². The van der Waals surface area contributed by atoms with Crippen LogP contribution >= 0.6 is 15.9 Å². The normalized spacial score (nSPS) is 11.5. The molecule has 0 aliphatic rings. The van der Waals surface area contributed by atoms with Crippen molar-refractivity contribution >= 4 is 32.5 Å². The molecule has 4 aromatic rings. The van der Waals surface area contributed by atoms with E-state index in [4.69, 9.17) is 0 Å². The van der Waals surface area contributed by atoms with Gasteiger partial charge >= 0.3 is 0 Å². The Labute approximate surface area is 128 Å². The fraction of sp³-hybridized carbons (Fsp3) is 0.143. The number of hydrogen-bond donors (Lipinski definition) is 0. The van der Waals surface area contributed by atoms with Gasteiger partial charge in [-0.05, 0) is 35.0 Å². The van der Waals surface area contributed by atoms with Crippen molar-refractivity contribution in [3.05, 3.63) is 41.4 Å². The minimum atomic E-state index is 0.656. The zero-order chi connectivity index (χ0) is 14.4. The lowest BCUT2D eigenvalue weighted by atomic mass is 10.2. The van der Waals surface area contributed by atoms with Gasteiger partial charge in [0.25, 0.3) is 0 Å². The molecule has 0 amide bonds. The molecule has 0 unspecified atom stereocenters. The molecule has 6 nitrogen and oxygen atoms in total. The van der Waals surface area contributed by atoms with Crippen molar-refractivity contribution in [3.8, 4) is 11.4 Å². The standard InChI is InChI=1S/C14H11BrN6/c1-2-20-7-9(6-17-20)13-18-14-10-4-3-5-11(15)12(10)16-8-21(14)19-13/h3-8H,2H2,1H3. The maximum absolute atomic E-state index is 4.64. The Kier molecular flexibility index (Phi) is 2.75. The second-order valence-corrected chi connectivity index (χ2v) is 5.52. The molecule has 7 heteroatoms. The molecule has 0 radical (unpaired) electrons. The van der Waals surface area contributed by atoms with Gasteiger partial charge in [-0.1, -0.05) is 6.07 Å². The van der Waals surface area contributed by atoms with E-state index in [1.165, 1.54) is 0 Å².